The number of anilines is 1. The fourth-order valence-electron chi connectivity index (χ4n) is 2.89. The first-order valence-corrected chi connectivity index (χ1v) is 10.9. The lowest BCUT2D eigenvalue weighted by Gasteiger charge is -2.18. The lowest BCUT2D eigenvalue weighted by molar-refractivity contribution is -0.385. The van der Waals surface area contributed by atoms with Crippen LogP contribution in [0, 0.1) is 17.0 Å². The number of nitrogens with zero attached hydrogens (tertiary/aromatic N) is 2. The van der Waals surface area contributed by atoms with Crippen molar-refractivity contribution in [3.63, 3.8) is 0 Å². The van der Waals surface area contributed by atoms with Crippen molar-refractivity contribution in [2.75, 3.05) is 25.0 Å². The van der Waals surface area contributed by atoms with Crippen LogP contribution in [0.2, 0.25) is 0 Å². The van der Waals surface area contributed by atoms with Gasteiger partial charge in [0.15, 0.2) is 6.61 Å². The summed E-state index contributed by atoms with van der Waals surface area (Å²) in [5.74, 6) is -1.66. The lowest BCUT2D eigenvalue weighted by Crippen LogP contribution is -2.30. The Bertz CT molecular complexity index is 1080. The van der Waals surface area contributed by atoms with E-state index < -0.39 is 39.1 Å². The maximum atomic E-state index is 12.5. The summed E-state index contributed by atoms with van der Waals surface area (Å²) in [6.07, 6.45) is 0. The van der Waals surface area contributed by atoms with E-state index in [1.165, 1.54) is 53.7 Å². The van der Waals surface area contributed by atoms with Crippen molar-refractivity contribution in [1.82, 2.24) is 4.31 Å². The summed E-state index contributed by atoms with van der Waals surface area (Å²) in [5.41, 5.74) is 0.0349. The zero-order valence-corrected chi connectivity index (χ0v) is 18.1. The van der Waals surface area contributed by atoms with Gasteiger partial charge in [0.2, 0.25) is 10.0 Å². The van der Waals surface area contributed by atoms with Gasteiger partial charge in [-0.15, -0.1) is 0 Å². The summed E-state index contributed by atoms with van der Waals surface area (Å²) >= 11 is 0. The molecular weight excluding hydrogens is 426 g/mol. The predicted molar refractivity (Wildman–Crippen MR) is 113 cm³/mol. The molecule has 0 heterocycles. The molecule has 11 heteroatoms. The van der Waals surface area contributed by atoms with Gasteiger partial charge in [-0.2, -0.15) is 4.31 Å². The number of hydrogen-bond acceptors (Lipinski definition) is 7. The largest absolute Gasteiger partial charge is 0.452 e. The third kappa shape index (κ3) is 5.64. The van der Waals surface area contributed by atoms with Crippen LogP contribution in [0.25, 0.3) is 0 Å². The van der Waals surface area contributed by atoms with Gasteiger partial charge in [0.05, 0.1) is 9.82 Å². The number of sulfonamides is 1. The molecule has 0 unspecified atom stereocenters. The molecule has 0 aliphatic heterocycles. The van der Waals surface area contributed by atoms with E-state index in [-0.39, 0.29) is 10.5 Å². The first-order chi connectivity index (χ1) is 14.6. The molecule has 0 radical (unpaired) electrons. The molecule has 0 aromatic heterocycles. The number of amides is 1. The monoisotopic (exact) mass is 449 g/mol. The SMILES string of the molecule is CCN(CC)S(=O)(=O)c1ccc(NC(=O)COC(=O)c2c(C)cccc2[N+](=O)[O-])cc1. The van der Waals surface area contributed by atoms with E-state index >= 15 is 0 Å². The average molecular weight is 449 g/mol. The third-order valence-electron chi connectivity index (χ3n) is 4.47. The number of carbonyl (C=O) groups excluding carboxylic acids is 2. The van der Waals surface area contributed by atoms with Crippen molar-refractivity contribution in [3.8, 4) is 0 Å². The minimum atomic E-state index is -3.62. The van der Waals surface area contributed by atoms with Gasteiger partial charge >= 0.3 is 5.97 Å². The fourth-order valence-corrected chi connectivity index (χ4v) is 4.35. The Labute approximate surface area is 180 Å². The quantitative estimate of drug-likeness (QED) is 0.353. The molecule has 0 saturated heterocycles. The smallest absolute Gasteiger partial charge is 0.345 e. The number of rotatable bonds is 9. The highest BCUT2D eigenvalue weighted by molar-refractivity contribution is 7.89. The Morgan fingerprint density at radius 1 is 1.10 bits per heavy atom. The molecule has 2 aromatic carbocycles. The minimum Gasteiger partial charge on any atom is -0.452 e. The van der Waals surface area contributed by atoms with E-state index in [0.29, 0.717) is 24.3 Å². The second-order valence-electron chi connectivity index (χ2n) is 6.46. The van der Waals surface area contributed by atoms with E-state index in [0.717, 1.165) is 0 Å². The molecule has 0 aliphatic rings. The zero-order valence-electron chi connectivity index (χ0n) is 17.3. The highest BCUT2D eigenvalue weighted by Gasteiger charge is 2.24. The fraction of sp³-hybridized carbons (Fsp3) is 0.300. The van der Waals surface area contributed by atoms with Crippen LogP contribution in [0.1, 0.15) is 29.8 Å². The van der Waals surface area contributed by atoms with Crippen LogP contribution in [0.15, 0.2) is 47.4 Å². The topological polar surface area (TPSA) is 136 Å². The summed E-state index contributed by atoms with van der Waals surface area (Å²) in [4.78, 5) is 34.8. The van der Waals surface area contributed by atoms with Crippen molar-refractivity contribution in [3.05, 3.63) is 63.7 Å². The van der Waals surface area contributed by atoms with Crippen molar-refractivity contribution in [1.29, 1.82) is 0 Å². The molecule has 0 atom stereocenters. The Morgan fingerprint density at radius 2 is 1.71 bits per heavy atom. The third-order valence-corrected chi connectivity index (χ3v) is 6.53. The number of aryl methyl sites for hydroxylation is 1. The summed E-state index contributed by atoms with van der Waals surface area (Å²) in [6, 6.07) is 9.72. The molecule has 0 aliphatic carbocycles. The van der Waals surface area contributed by atoms with Gasteiger partial charge in [0.25, 0.3) is 11.6 Å². The minimum absolute atomic E-state index is 0.0903. The summed E-state index contributed by atoms with van der Waals surface area (Å²) in [5, 5.41) is 13.6. The van der Waals surface area contributed by atoms with Crippen molar-refractivity contribution < 1.29 is 27.7 Å². The normalized spacial score (nSPS) is 11.2. The molecule has 0 saturated carbocycles. The second-order valence-corrected chi connectivity index (χ2v) is 8.40. The molecule has 0 spiro atoms. The van der Waals surface area contributed by atoms with Gasteiger partial charge in [-0.1, -0.05) is 26.0 Å². The number of carbonyl (C=O) groups is 2. The highest BCUT2D eigenvalue weighted by Crippen LogP contribution is 2.23. The molecular formula is C20H23N3O7S. The molecule has 10 nitrogen and oxygen atoms in total. The highest BCUT2D eigenvalue weighted by atomic mass is 32.2. The first-order valence-electron chi connectivity index (χ1n) is 9.43. The van der Waals surface area contributed by atoms with E-state index in [1.807, 2.05) is 0 Å². The number of nitro benzene ring substituents is 1. The Hall–Kier alpha value is -3.31. The van der Waals surface area contributed by atoms with Gasteiger partial charge in [0.1, 0.15) is 5.56 Å². The van der Waals surface area contributed by atoms with E-state index in [2.05, 4.69) is 5.32 Å². The number of nitro groups is 1. The molecule has 166 valence electrons. The Balaban J connectivity index is 2.03. The summed E-state index contributed by atoms with van der Waals surface area (Å²) in [7, 11) is -3.62. The molecule has 2 aromatic rings. The van der Waals surface area contributed by atoms with E-state index in [9.17, 15) is 28.1 Å². The molecule has 0 fully saturated rings. The molecule has 0 bridgehead atoms. The van der Waals surface area contributed by atoms with E-state index in [4.69, 9.17) is 4.74 Å². The van der Waals surface area contributed by atoms with Crippen LogP contribution in [-0.2, 0) is 19.6 Å². The molecule has 2 rings (SSSR count). The van der Waals surface area contributed by atoms with Gasteiger partial charge in [-0.05, 0) is 36.8 Å². The van der Waals surface area contributed by atoms with Crippen LogP contribution in [0.4, 0.5) is 11.4 Å². The van der Waals surface area contributed by atoms with Crippen LogP contribution in [0.5, 0.6) is 0 Å². The Kier molecular flexibility index (Phi) is 7.83. The van der Waals surface area contributed by atoms with Gasteiger partial charge in [0, 0.05) is 24.8 Å². The lowest BCUT2D eigenvalue weighted by atomic mass is 10.1. The molecule has 1 N–H and O–H groups in total. The number of ether oxygens (including phenoxy) is 1. The van der Waals surface area contributed by atoms with Crippen molar-refractivity contribution in [2.24, 2.45) is 0 Å². The summed E-state index contributed by atoms with van der Waals surface area (Å²) in [6.45, 7) is 5.01. The van der Waals surface area contributed by atoms with Gasteiger partial charge in [-0.3, -0.25) is 14.9 Å². The van der Waals surface area contributed by atoms with Crippen molar-refractivity contribution in [2.45, 2.75) is 25.7 Å². The van der Waals surface area contributed by atoms with E-state index in [1.54, 1.807) is 13.8 Å². The molecule has 31 heavy (non-hydrogen) atoms. The number of esters is 1. The van der Waals surface area contributed by atoms with Crippen LogP contribution in [-0.4, -0.2) is 49.2 Å². The predicted octanol–water partition coefficient (Wildman–Crippen LogP) is 2.73. The maximum Gasteiger partial charge on any atom is 0.345 e. The summed E-state index contributed by atoms with van der Waals surface area (Å²) < 4.78 is 31.2. The number of benzene rings is 2. The van der Waals surface area contributed by atoms with Crippen LogP contribution < -0.4 is 5.32 Å². The molecule has 1 amide bonds. The van der Waals surface area contributed by atoms with Crippen LogP contribution >= 0.6 is 0 Å². The Morgan fingerprint density at radius 3 is 2.26 bits per heavy atom. The maximum absolute atomic E-state index is 12.5. The van der Waals surface area contributed by atoms with Gasteiger partial charge < -0.3 is 10.1 Å². The second kappa shape index (κ2) is 10.1. The average Bonchev–Trinajstić information content (AvgIpc) is 2.72. The number of nitrogens with one attached hydrogen (secondary N) is 1. The van der Waals surface area contributed by atoms with Crippen LogP contribution in [0.3, 0.4) is 0 Å². The zero-order chi connectivity index (χ0) is 23.2. The van der Waals surface area contributed by atoms with Crippen molar-refractivity contribution >= 4 is 33.3 Å². The standard InChI is InChI=1S/C20H23N3O7S/c1-4-22(5-2)31(28,29)16-11-9-15(10-12-16)21-18(24)13-30-20(25)19-14(3)7-6-8-17(19)23(26)27/h6-12H,4-5,13H2,1-3H3,(H,21,24). The first kappa shape index (κ1) is 24.0. The number of hydrogen-bond donors (Lipinski definition) is 1. The van der Waals surface area contributed by atoms with Gasteiger partial charge in [-0.25, -0.2) is 13.2 Å².